The first kappa shape index (κ1) is 28.8. The van der Waals surface area contributed by atoms with E-state index in [9.17, 15) is 0 Å². The molecule has 10 rings (SSSR count). The van der Waals surface area contributed by atoms with E-state index < -0.39 is 5.41 Å². The summed E-state index contributed by atoms with van der Waals surface area (Å²) < 4.78 is 0. The van der Waals surface area contributed by atoms with Crippen molar-refractivity contribution in [3.63, 3.8) is 0 Å². The first-order chi connectivity index (χ1) is 24.7. The highest BCUT2D eigenvalue weighted by atomic mass is 35.5. The van der Waals surface area contributed by atoms with Gasteiger partial charge in [0.2, 0.25) is 0 Å². The molecule has 0 amide bonds. The molecule has 50 heavy (non-hydrogen) atoms. The molecule has 0 saturated heterocycles. The van der Waals surface area contributed by atoms with E-state index in [4.69, 9.17) is 26.6 Å². The van der Waals surface area contributed by atoms with Gasteiger partial charge in [0.1, 0.15) is 0 Å². The van der Waals surface area contributed by atoms with Crippen molar-refractivity contribution in [3.05, 3.63) is 197 Å². The van der Waals surface area contributed by atoms with Gasteiger partial charge >= 0.3 is 0 Å². The fourth-order valence-electron chi connectivity index (χ4n) is 8.17. The molecule has 1 unspecified atom stereocenters. The number of halogens is 1. The second-order valence-electron chi connectivity index (χ2n) is 12.8. The number of nitrogens with zero attached hydrogens (tertiary/aromatic N) is 3. The van der Waals surface area contributed by atoms with Crippen molar-refractivity contribution in [3.8, 4) is 67.5 Å². The van der Waals surface area contributed by atoms with Gasteiger partial charge in [-0.2, -0.15) is 0 Å². The molecule has 1 spiro atoms. The van der Waals surface area contributed by atoms with Crippen LogP contribution in [0.1, 0.15) is 22.3 Å². The number of rotatable bonds is 4. The Morgan fingerprint density at radius 3 is 1.30 bits per heavy atom. The summed E-state index contributed by atoms with van der Waals surface area (Å²) >= 11 is 6.98. The molecule has 7 aromatic carbocycles. The zero-order valence-electron chi connectivity index (χ0n) is 26.9. The van der Waals surface area contributed by atoms with Gasteiger partial charge in [-0.1, -0.05) is 175 Å². The highest BCUT2D eigenvalue weighted by molar-refractivity contribution is 6.34. The van der Waals surface area contributed by atoms with Gasteiger partial charge in [0.05, 0.1) is 5.41 Å². The summed E-state index contributed by atoms with van der Waals surface area (Å²) in [5.74, 6) is 1.94. The summed E-state index contributed by atoms with van der Waals surface area (Å²) in [6.07, 6.45) is 0. The van der Waals surface area contributed by atoms with Gasteiger partial charge < -0.3 is 0 Å². The predicted octanol–water partition coefficient (Wildman–Crippen LogP) is 11.5. The minimum absolute atomic E-state index is 0.453. The first-order valence-electron chi connectivity index (χ1n) is 16.8. The van der Waals surface area contributed by atoms with Gasteiger partial charge in [0.15, 0.2) is 17.5 Å². The Balaban J connectivity index is 1.14. The number of benzene rings is 7. The predicted molar refractivity (Wildman–Crippen MR) is 203 cm³/mol. The van der Waals surface area contributed by atoms with Crippen LogP contribution < -0.4 is 0 Å². The minimum Gasteiger partial charge on any atom is -0.208 e. The quantitative estimate of drug-likeness (QED) is 0.189. The maximum Gasteiger partial charge on any atom is 0.164 e. The van der Waals surface area contributed by atoms with Crippen LogP contribution in [0.5, 0.6) is 0 Å². The van der Waals surface area contributed by atoms with Gasteiger partial charge in [0.25, 0.3) is 0 Å². The fraction of sp³-hybridized carbons (Fsp3) is 0.0217. The Kier molecular flexibility index (Phi) is 6.45. The van der Waals surface area contributed by atoms with E-state index in [-0.39, 0.29) is 0 Å². The van der Waals surface area contributed by atoms with Crippen molar-refractivity contribution >= 4 is 11.6 Å². The van der Waals surface area contributed by atoms with Crippen molar-refractivity contribution in [2.24, 2.45) is 0 Å². The Bertz CT molecular complexity index is 2540. The molecule has 0 bridgehead atoms. The van der Waals surface area contributed by atoms with Crippen LogP contribution in [0.25, 0.3) is 67.5 Å². The Morgan fingerprint density at radius 1 is 0.320 bits per heavy atom. The molecule has 3 nitrogen and oxygen atoms in total. The molecule has 0 saturated carbocycles. The van der Waals surface area contributed by atoms with Crippen molar-refractivity contribution in [2.45, 2.75) is 5.41 Å². The normalized spacial score (nSPS) is 15.0. The highest BCUT2D eigenvalue weighted by Crippen LogP contribution is 2.64. The molecule has 1 aromatic heterocycles. The molecule has 0 radical (unpaired) electrons. The van der Waals surface area contributed by atoms with Crippen LogP contribution in [0.3, 0.4) is 0 Å². The largest absolute Gasteiger partial charge is 0.208 e. The lowest BCUT2D eigenvalue weighted by Gasteiger charge is -2.30. The first-order valence-corrected chi connectivity index (χ1v) is 17.2. The third-order valence-corrected chi connectivity index (χ3v) is 10.6. The van der Waals surface area contributed by atoms with Gasteiger partial charge in [-0.15, -0.1) is 0 Å². The van der Waals surface area contributed by atoms with Crippen LogP contribution in [0.4, 0.5) is 0 Å². The molecule has 234 valence electrons. The van der Waals surface area contributed by atoms with Crippen LogP contribution in [0.15, 0.2) is 170 Å². The van der Waals surface area contributed by atoms with Crippen LogP contribution in [-0.4, -0.2) is 15.0 Å². The van der Waals surface area contributed by atoms with Crippen molar-refractivity contribution in [1.82, 2.24) is 15.0 Å². The second-order valence-corrected chi connectivity index (χ2v) is 13.3. The smallest absolute Gasteiger partial charge is 0.164 e. The molecule has 0 fully saturated rings. The maximum absolute atomic E-state index is 6.98. The Morgan fingerprint density at radius 2 is 0.720 bits per heavy atom. The average Bonchev–Trinajstić information content (AvgIpc) is 3.67. The maximum atomic E-state index is 6.98. The summed E-state index contributed by atoms with van der Waals surface area (Å²) in [6, 6.07) is 59.6. The molecular formula is C46H28ClN3. The standard InChI is InChI=1S/C46H28ClN3/c47-40-24-12-23-39-42(40)35-18-8-10-21-37(35)46(39)36-20-9-7-17-34(36)41-33(19-11-22-38(41)46)29-25-27-32(28-26-29)45-49-43(30-13-3-1-4-14-30)48-44(50-45)31-15-5-2-6-16-31/h1-28H. The number of hydrogen-bond donors (Lipinski definition) is 0. The summed E-state index contributed by atoms with van der Waals surface area (Å²) in [4.78, 5) is 14.8. The number of aromatic nitrogens is 3. The van der Waals surface area contributed by atoms with Gasteiger partial charge in [0, 0.05) is 27.3 Å². The third kappa shape index (κ3) is 4.14. The zero-order chi connectivity index (χ0) is 33.2. The van der Waals surface area contributed by atoms with Crippen LogP contribution in [-0.2, 0) is 5.41 Å². The van der Waals surface area contributed by atoms with Crippen LogP contribution in [0.2, 0.25) is 5.02 Å². The van der Waals surface area contributed by atoms with Crippen LogP contribution in [0, 0.1) is 0 Å². The van der Waals surface area contributed by atoms with E-state index in [0.717, 1.165) is 32.8 Å². The van der Waals surface area contributed by atoms with E-state index in [0.29, 0.717) is 17.5 Å². The van der Waals surface area contributed by atoms with Gasteiger partial charge in [-0.3, -0.25) is 0 Å². The summed E-state index contributed by atoms with van der Waals surface area (Å²) in [7, 11) is 0. The topological polar surface area (TPSA) is 38.7 Å². The van der Waals surface area contributed by atoms with E-state index in [1.54, 1.807) is 0 Å². The van der Waals surface area contributed by atoms with E-state index >= 15 is 0 Å². The minimum atomic E-state index is -0.453. The Hall–Kier alpha value is -6.16. The van der Waals surface area contributed by atoms with Gasteiger partial charge in [-0.25, -0.2) is 15.0 Å². The molecule has 0 aliphatic heterocycles. The highest BCUT2D eigenvalue weighted by Gasteiger charge is 2.52. The van der Waals surface area contributed by atoms with Crippen molar-refractivity contribution in [2.75, 3.05) is 0 Å². The molecule has 4 heteroatoms. The molecule has 8 aromatic rings. The van der Waals surface area contributed by atoms with Crippen molar-refractivity contribution in [1.29, 1.82) is 0 Å². The summed E-state index contributed by atoms with van der Waals surface area (Å²) in [6.45, 7) is 0. The molecular weight excluding hydrogens is 630 g/mol. The molecule has 2 aliphatic carbocycles. The number of hydrogen-bond acceptors (Lipinski definition) is 3. The van der Waals surface area contributed by atoms with Gasteiger partial charge in [-0.05, 0) is 56.1 Å². The van der Waals surface area contributed by atoms with Crippen molar-refractivity contribution < 1.29 is 0 Å². The molecule has 1 heterocycles. The molecule has 1 atom stereocenters. The lowest BCUT2D eigenvalue weighted by Crippen LogP contribution is -2.25. The fourth-order valence-corrected chi connectivity index (χ4v) is 8.45. The lowest BCUT2D eigenvalue weighted by molar-refractivity contribution is 0.794. The SMILES string of the molecule is Clc1cccc2c1-c1ccccc1C21c2ccccc2-c2c(-c3ccc(-c4nc(-c5ccccc5)nc(-c5ccccc5)n4)cc3)cccc21. The lowest BCUT2D eigenvalue weighted by atomic mass is 9.70. The molecule has 2 aliphatic rings. The monoisotopic (exact) mass is 657 g/mol. The summed E-state index contributed by atoms with van der Waals surface area (Å²) in [5, 5.41) is 0.786. The number of fused-ring (bicyclic) bond motifs is 10. The second kappa shape index (κ2) is 11.2. The zero-order valence-corrected chi connectivity index (χ0v) is 27.6. The Labute approximate surface area is 295 Å². The average molecular weight is 658 g/mol. The third-order valence-electron chi connectivity index (χ3n) is 10.2. The van der Waals surface area contributed by atoms with Crippen LogP contribution >= 0.6 is 11.6 Å². The van der Waals surface area contributed by atoms with E-state index in [1.165, 1.54) is 44.5 Å². The van der Waals surface area contributed by atoms with E-state index in [2.05, 4.69) is 103 Å². The summed E-state index contributed by atoms with van der Waals surface area (Å²) in [5.41, 5.74) is 14.6. The molecule has 0 N–H and O–H groups in total. The van der Waals surface area contributed by atoms with E-state index in [1.807, 2.05) is 66.7 Å².